The van der Waals surface area contributed by atoms with E-state index in [0.717, 1.165) is 0 Å². The van der Waals surface area contributed by atoms with Crippen molar-refractivity contribution in [1.82, 2.24) is 31.9 Å². The molecule has 0 aliphatic rings. The molecule has 8 atom stereocenters. The number of carboxylic acids is 2. The van der Waals surface area contributed by atoms with Crippen LogP contribution in [0, 0.1) is 11.8 Å². The van der Waals surface area contributed by atoms with Gasteiger partial charge in [-0.25, -0.2) is 4.79 Å². The molecule has 0 rings (SSSR count). The van der Waals surface area contributed by atoms with Crippen LogP contribution in [0.2, 0.25) is 0 Å². The van der Waals surface area contributed by atoms with Crippen LogP contribution in [0.5, 0.6) is 0 Å². The van der Waals surface area contributed by atoms with E-state index < -0.39 is 115 Å². The zero-order valence-corrected chi connectivity index (χ0v) is 27.2. The van der Waals surface area contributed by atoms with Crippen LogP contribution >= 0.6 is 0 Å². The molecule has 12 N–H and O–H groups in total. The van der Waals surface area contributed by atoms with Gasteiger partial charge in [-0.1, -0.05) is 40.5 Å². The standard InChI is InChI=1S/C28H49N7O12/c1-6-13(3)21(27(45)33-18(12-37)26(44)35-22(28(46)47)14(4)7-2)34-19(38)10-30-25(43)17(11-36)32-23(41)15(5)31-24(42)16(29)8-9-20(39)40/h13-18,21-22,36-37H,6-12,29H2,1-5H3,(H,30,43)(H,31,42)(H,32,41)(H,33,45)(H,34,38)(H,35,44)(H,39,40)(H,46,47)/t13-,14-,15-,16-,17-,18-,21-,22-/m0/s1. The minimum absolute atomic E-state index is 0.179. The second-order valence-electron chi connectivity index (χ2n) is 11.1. The molecule has 0 aromatic heterocycles. The van der Waals surface area contributed by atoms with Crippen LogP contribution in [-0.2, 0) is 38.4 Å². The van der Waals surface area contributed by atoms with Gasteiger partial charge >= 0.3 is 11.9 Å². The average molecular weight is 676 g/mol. The van der Waals surface area contributed by atoms with Crippen LogP contribution in [0.15, 0.2) is 0 Å². The van der Waals surface area contributed by atoms with Gasteiger partial charge in [-0.05, 0) is 25.2 Å². The maximum atomic E-state index is 13.1. The first-order valence-corrected chi connectivity index (χ1v) is 15.1. The van der Waals surface area contributed by atoms with Crippen LogP contribution in [0.4, 0.5) is 0 Å². The number of amides is 6. The van der Waals surface area contributed by atoms with Crippen LogP contribution in [0.3, 0.4) is 0 Å². The molecule has 0 spiro atoms. The van der Waals surface area contributed by atoms with Crippen LogP contribution < -0.4 is 37.6 Å². The summed E-state index contributed by atoms with van der Waals surface area (Å²) < 4.78 is 0. The molecule has 0 unspecified atom stereocenters. The second-order valence-corrected chi connectivity index (χ2v) is 11.1. The summed E-state index contributed by atoms with van der Waals surface area (Å²) in [7, 11) is 0. The Labute approximate surface area is 272 Å². The van der Waals surface area contributed by atoms with E-state index in [9.17, 15) is 53.7 Å². The summed E-state index contributed by atoms with van der Waals surface area (Å²) in [5.41, 5.74) is 5.60. The lowest BCUT2D eigenvalue weighted by atomic mass is 9.97. The minimum atomic E-state index is -1.54. The van der Waals surface area contributed by atoms with Crippen molar-refractivity contribution in [2.75, 3.05) is 19.8 Å². The minimum Gasteiger partial charge on any atom is -0.481 e. The fourth-order valence-electron chi connectivity index (χ4n) is 3.90. The van der Waals surface area contributed by atoms with Gasteiger partial charge in [0.25, 0.3) is 0 Å². The van der Waals surface area contributed by atoms with Gasteiger partial charge in [0.2, 0.25) is 35.4 Å². The van der Waals surface area contributed by atoms with E-state index in [1.807, 2.05) is 0 Å². The Kier molecular flexibility index (Phi) is 19.4. The van der Waals surface area contributed by atoms with Crippen molar-refractivity contribution >= 4 is 47.4 Å². The third kappa shape index (κ3) is 15.2. The van der Waals surface area contributed by atoms with Crippen molar-refractivity contribution in [2.45, 2.75) is 96.6 Å². The normalized spacial score (nSPS) is 16.0. The van der Waals surface area contributed by atoms with Gasteiger partial charge in [0, 0.05) is 6.42 Å². The molecule has 0 aromatic rings. The average Bonchev–Trinajstić information content (AvgIpc) is 3.03. The van der Waals surface area contributed by atoms with Gasteiger partial charge in [0.1, 0.15) is 30.2 Å². The Bertz CT molecular complexity index is 1120. The molecule has 0 saturated carbocycles. The van der Waals surface area contributed by atoms with Crippen molar-refractivity contribution in [3.63, 3.8) is 0 Å². The van der Waals surface area contributed by atoms with Crippen molar-refractivity contribution < 1.29 is 58.8 Å². The lowest BCUT2D eigenvalue weighted by molar-refractivity contribution is -0.144. The molecule has 47 heavy (non-hydrogen) atoms. The van der Waals surface area contributed by atoms with Gasteiger partial charge < -0.3 is 58.1 Å². The first-order valence-electron chi connectivity index (χ1n) is 15.1. The molecule has 0 fully saturated rings. The Hall–Kier alpha value is -4.36. The van der Waals surface area contributed by atoms with E-state index in [1.54, 1.807) is 27.7 Å². The first kappa shape index (κ1) is 42.6. The smallest absolute Gasteiger partial charge is 0.326 e. The lowest BCUT2D eigenvalue weighted by Gasteiger charge is -2.27. The van der Waals surface area contributed by atoms with E-state index in [0.29, 0.717) is 12.8 Å². The number of aliphatic hydroxyl groups excluding tert-OH is 2. The highest BCUT2D eigenvalue weighted by molar-refractivity contribution is 5.96. The second kappa shape index (κ2) is 21.4. The molecule has 6 amide bonds. The van der Waals surface area contributed by atoms with E-state index in [4.69, 9.17) is 10.8 Å². The number of hydrogen-bond donors (Lipinski definition) is 11. The number of nitrogens with two attached hydrogens (primary N) is 1. The number of rotatable bonds is 22. The predicted octanol–water partition coefficient (Wildman–Crippen LogP) is -4.10. The van der Waals surface area contributed by atoms with Gasteiger partial charge in [0.05, 0.1) is 25.8 Å². The molecule has 0 bridgehead atoms. The third-order valence-corrected chi connectivity index (χ3v) is 7.40. The van der Waals surface area contributed by atoms with Crippen molar-refractivity contribution in [3.05, 3.63) is 0 Å². The van der Waals surface area contributed by atoms with E-state index in [-0.39, 0.29) is 12.8 Å². The van der Waals surface area contributed by atoms with Crippen molar-refractivity contribution in [3.8, 4) is 0 Å². The summed E-state index contributed by atoms with van der Waals surface area (Å²) in [6.45, 7) is 5.50. The zero-order valence-electron chi connectivity index (χ0n) is 27.2. The maximum Gasteiger partial charge on any atom is 0.326 e. The molecular weight excluding hydrogens is 626 g/mol. The van der Waals surface area contributed by atoms with Gasteiger partial charge in [-0.2, -0.15) is 0 Å². The maximum absolute atomic E-state index is 13.1. The molecule has 0 aromatic carbocycles. The Morgan fingerprint density at radius 3 is 1.64 bits per heavy atom. The van der Waals surface area contributed by atoms with Crippen molar-refractivity contribution in [2.24, 2.45) is 17.6 Å². The number of carboxylic acid groups (broad SMARTS) is 2. The monoisotopic (exact) mass is 675 g/mol. The number of aliphatic hydroxyl groups is 2. The van der Waals surface area contributed by atoms with Gasteiger partial charge in [0.15, 0.2) is 0 Å². The predicted molar refractivity (Wildman–Crippen MR) is 164 cm³/mol. The summed E-state index contributed by atoms with van der Waals surface area (Å²) in [6.07, 6.45) is 0.267. The molecule has 0 heterocycles. The molecule has 0 radical (unpaired) electrons. The molecule has 268 valence electrons. The molecule has 19 nitrogen and oxygen atoms in total. The molecule has 0 saturated heterocycles. The summed E-state index contributed by atoms with van der Waals surface area (Å²) >= 11 is 0. The highest BCUT2D eigenvalue weighted by Gasteiger charge is 2.33. The molecule has 0 aliphatic heterocycles. The molecule has 0 aliphatic carbocycles. The van der Waals surface area contributed by atoms with Crippen LogP contribution in [0.25, 0.3) is 0 Å². The van der Waals surface area contributed by atoms with E-state index in [2.05, 4.69) is 31.9 Å². The fourth-order valence-corrected chi connectivity index (χ4v) is 3.90. The molecular formula is C28H49N7O12. The highest BCUT2D eigenvalue weighted by Crippen LogP contribution is 2.10. The van der Waals surface area contributed by atoms with Gasteiger partial charge in [-0.3, -0.25) is 33.6 Å². The van der Waals surface area contributed by atoms with E-state index in [1.165, 1.54) is 6.92 Å². The Morgan fingerprint density at radius 1 is 0.638 bits per heavy atom. The number of aliphatic carboxylic acids is 2. The Morgan fingerprint density at radius 2 is 1.15 bits per heavy atom. The third-order valence-electron chi connectivity index (χ3n) is 7.40. The SMILES string of the molecule is CC[C@H](C)[C@H](NC(=O)[C@H](CO)NC(=O)[C@@H](NC(=O)CNC(=O)[C@H](CO)NC(=O)[C@H](C)NC(=O)[C@@H](N)CCC(=O)O)[C@@H](C)CC)C(=O)O. The topological polar surface area (TPSA) is 316 Å². The summed E-state index contributed by atoms with van der Waals surface area (Å²) in [5.74, 6) is -8.73. The first-order chi connectivity index (χ1) is 21.9. The van der Waals surface area contributed by atoms with Gasteiger partial charge in [-0.15, -0.1) is 0 Å². The van der Waals surface area contributed by atoms with E-state index >= 15 is 0 Å². The fraction of sp³-hybridized carbons (Fsp3) is 0.714. The Balaban J connectivity index is 5.26. The number of carbonyl (C=O) groups is 8. The van der Waals surface area contributed by atoms with Crippen LogP contribution in [-0.4, -0.2) is 124 Å². The van der Waals surface area contributed by atoms with Crippen molar-refractivity contribution in [1.29, 1.82) is 0 Å². The summed E-state index contributed by atoms with van der Waals surface area (Å²) in [6, 6.07) is -8.01. The molecule has 19 heteroatoms. The number of nitrogens with one attached hydrogen (secondary N) is 6. The highest BCUT2D eigenvalue weighted by atomic mass is 16.4. The van der Waals surface area contributed by atoms with Crippen LogP contribution in [0.1, 0.15) is 60.3 Å². The quantitative estimate of drug-likeness (QED) is 0.0520. The largest absolute Gasteiger partial charge is 0.481 e. The summed E-state index contributed by atoms with van der Waals surface area (Å²) in [4.78, 5) is 97.7. The number of hydrogen-bond acceptors (Lipinski definition) is 11. The number of carbonyl (C=O) groups excluding carboxylic acids is 6. The summed E-state index contributed by atoms with van der Waals surface area (Å²) in [5, 5.41) is 51.1. The lowest BCUT2D eigenvalue weighted by Crippen LogP contribution is -2.59. The zero-order chi connectivity index (χ0) is 36.4.